The molecule has 2 aromatic heterocycles. The molecule has 0 fully saturated rings. The molecule has 2 rings (SSSR count). The van der Waals surface area contributed by atoms with Gasteiger partial charge in [0.2, 0.25) is 5.95 Å². The number of hydrogen-bond donors (Lipinski definition) is 3. The van der Waals surface area contributed by atoms with Gasteiger partial charge < -0.3 is 4.42 Å². The number of hydrogen-bond acceptors (Lipinski definition) is 6. The predicted molar refractivity (Wildman–Crippen MR) is 63.4 cm³/mol. The maximum absolute atomic E-state index is 11.2. The SMILES string of the molecule is Cc1cc(=O)[nH]c(NN[C@H](C#N)c2ccco2)n1. The van der Waals surface area contributed by atoms with Gasteiger partial charge in [-0.1, -0.05) is 0 Å². The highest BCUT2D eigenvalue weighted by Gasteiger charge is 2.12. The third-order valence-electron chi connectivity index (χ3n) is 2.16. The summed E-state index contributed by atoms with van der Waals surface area (Å²) in [5, 5.41) is 8.98. The molecule has 2 heterocycles. The molecule has 1 atom stereocenters. The van der Waals surface area contributed by atoms with Crippen molar-refractivity contribution in [1.82, 2.24) is 15.4 Å². The van der Waals surface area contributed by atoms with Gasteiger partial charge in [0.15, 0.2) is 6.04 Å². The second-order valence-electron chi connectivity index (χ2n) is 3.58. The average molecular weight is 245 g/mol. The van der Waals surface area contributed by atoms with Gasteiger partial charge >= 0.3 is 0 Å². The minimum Gasteiger partial charge on any atom is -0.466 e. The van der Waals surface area contributed by atoms with E-state index in [-0.39, 0.29) is 11.5 Å². The van der Waals surface area contributed by atoms with Crippen molar-refractivity contribution in [3.05, 3.63) is 46.3 Å². The quantitative estimate of drug-likeness (QED) is 0.689. The van der Waals surface area contributed by atoms with Crippen molar-refractivity contribution in [1.29, 1.82) is 5.26 Å². The van der Waals surface area contributed by atoms with Gasteiger partial charge in [-0.3, -0.25) is 15.2 Å². The lowest BCUT2D eigenvalue weighted by Crippen LogP contribution is -2.28. The second-order valence-corrected chi connectivity index (χ2v) is 3.58. The summed E-state index contributed by atoms with van der Waals surface area (Å²) in [6.45, 7) is 1.70. The van der Waals surface area contributed by atoms with Crippen LogP contribution in [0, 0.1) is 18.3 Å². The summed E-state index contributed by atoms with van der Waals surface area (Å²) in [6.07, 6.45) is 1.48. The molecule has 7 heteroatoms. The van der Waals surface area contributed by atoms with Crippen LogP contribution < -0.4 is 16.4 Å². The van der Waals surface area contributed by atoms with Gasteiger partial charge in [0, 0.05) is 11.8 Å². The monoisotopic (exact) mass is 245 g/mol. The van der Waals surface area contributed by atoms with Gasteiger partial charge in [0.25, 0.3) is 5.56 Å². The minimum atomic E-state index is -0.675. The zero-order chi connectivity index (χ0) is 13.0. The predicted octanol–water partition coefficient (Wildman–Crippen LogP) is 0.853. The molecule has 3 N–H and O–H groups in total. The van der Waals surface area contributed by atoms with E-state index in [0.717, 1.165) is 0 Å². The Hall–Kier alpha value is -2.59. The maximum atomic E-state index is 11.2. The second kappa shape index (κ2) is 5.16. The lowest BCUT2D eigenvalue weighted by Gasteiger charge is -2.10. The van der Waals surface area contributed by atoms with Gasteiger partial charge in [0.1, 0.15) is 5.76 Å². The van der Waals surface area contributed by atoms with E-state index in [1.807, 2.05) is 6.07 Å². The molecule has 0 aliphatic carbocycles. The van der Waals surface area contributed by atoms with Crippen LogP contribution in [0.5, 0.6) is 0 Å². The normalized spacial score (nSPS) is 11.8. The van der Waals surface area contributed by atoms with Crippen LogP contribution in [0.3, 0.4) is 0 Å². The van der Waals surface area contributed by atoms with Crippen LogP contribution in [0.15, 0.2) is 33.7 Å². The Kier molecular flexibility index (Phi) is 3.41. The highest BCUT2D eigenvalue weighted by atomic mass is 16.3. The van der Waals surface area contributed by atoms with Crippen LogP contribution >= 0.6 is 0 Å². The summed E-state index contributed by atoms with van der Waals surface area (Å²) >= 11 is 0. The first-order valence-electron chi connectivity index (χ1n) is 5.21. The molecule has 0 spiro atoms. The van der Waals surface area contributed by atoms with E-state index in [1.165, 1.54) is 12.3 Å². The fourth-order valence-corrected chi connectivity index (χ4v) is 1.40. The topological polar surface area (TPSA) is 107 Å². The van der Waals surface area contributed by atoms with E-state index in [4.69, 9.17) is 9.68 Å². The molecule has 0 unspecified atom stereocenters. The molecule has 0 saturated carbocycles. The van der Waals surface area contributed by atoms with Crippen molar-refractivity contribution in [3.63, 3.8) is 0 Å². The average Bonchev–Trinajstić information content (AvgIpc) is 2.82. The fourth-order valence-electron chi connectivity index (χ4n) is 1.40. The number of furan rings is 1. The number of nitriles is 1. The summed E-state index contributed by atoms with van der Waals surface area (Å²) < 4.78 is 5.11. The zero-order valence-electron chi connectivity index (χ0n) is 9.60. The van der Waals surface area contributed by atoms with Crippen molar-refractivity contribution in [3.8, 4) is 6.07 Å². The van der Waals surface area contributed by atoms with Gasteiger partial charge in [-0.15, -0.1) is 0 Å². The number of nitrogens with one attached hydrogen (secondary N) is 3. The molecule has 0 radical (unpaired) electrons. The van der Waals surface area contributed by atoms with Crippen molar-refractivity contribution in [2.24, 2.45) is 0 Å². The molecule has 0 saturated heterocycles. The minimum absolute atomic E-state index is 0.242. The van der Waals surface area contributed by atoms with Crippen LogP contribution in [0.25, 0.3) is 0 Å². The molecule has 2 aromatic rings. The van der Waals surface area contributed by atoms with Crippen LogP contribution in [-0.4, -0.2) is 9.97 Å². The maximum Gasteiger partial charge on any atom is 0.252 e. The number of H-pyrrole nitrogens is 1. The van der Waals surface area contributed by atoms with E-state index in [1.54, 1.807) is 19.1 Å². The highest BCUT2D eigenvalue weighted by molar-refractivity contribution is 5.25. The molecular weight excluding hydrogens is 234 g/mol. The number of nitrogens with zero attached hydrogens (tertiary/aromatic N) is 2. The molecule has 7 nitrogen and oxygen atoms in total. The smallest absolute Gasteiger partial charge is 0.252 e. The first kappa shape index (κ1) is 11.9. The Morgan fingerprint density at radius 1 is 1.61 bits per heavy atom. The van der Waals surface area contributed by atoms with Crippen LogP contribution in [-0.2, 0) is 0 Å². The third-order valence-corrected chi connectivity index (χ3v) is 2.16. The van der Waals surface area contributed by atoms with E-state index < -0.39 is 6.04 Å². The molecule has 0 aliphatic rings. The van der Waals surface area contributed by atoms with Gasteiger partial charge in [-0.2, -0.15) is 5.26 Å². The van der Waals surface area contributed by atoms with E-state index in [0.29, 0.717) is 11.5 Å². The first-order chi connectivity index (χ1) is 8.69. The molecule has 0 aromatic carbocycles. The summed E-state index contributed by atoms with van der Waals surface area (Å²) in [6, 6.07) is 6.08. The Morgan fingerprint density at radius 2 is 2.44 bits per heavy atom. The van der Waals surface area contributed by atoms with Crippen LogP contribution in [0.2, 0.25) is 0 Å². The largest absolute Gasteiger partial charge is 0.466 e. The van der Waals surface area contributed by atoms with Crippen LogP contribution in [0.4, 0.5) is 5.95 Å². The first-order valence-corrected chi connectivity index (χ1v) is 5.21. The van der Waals surface area contributed by atoms with Crippen molar-refractivity contribution in [2.75, 3.05) is 5.43 Å². The van der Waals surface area contributed by atoms with Gasteiger partial charge in [0.05, 0.1) is 12.3 Å². The summed E-state index contributed by atoms with van der Waals surface area (Å²) in [5.74, 6) is 0.715. The van der Waals surface area contributed by atoms with E-state index >= 15 is 0 Å². The summed E-state index contributed by atoms with van der Waals surface area (Å²) in [5.41, 5.74) is 5.68. The molecular formula is C11H11N5O2. The van der Waals surface area contributed by atoms with Crippen molar-refractivity contribution < 1.29 is 4.42 Å². The molecule has 18 heavy (non-hydrogen) atoms. The molecule has 0 aliphatic heterocycles. The van der Waals surface area contributed by atoms with Gasteiger partial charge in [-0.25, -0.2) is 10.4 Å². The van der Waals surface area contributed by atoms with Gasteiger partial charge in [-0.05, 0) is 19.1 Å². The fraction of sp³-hybridized carbons (Fsp3) is 0.182. The van der Waals surface area contributed by atoms with Crippen molar-refractivity contribution >= 4 is 5.95 Å². The Labute approximate surface area is 102 Å². The molecule has 0 amide bonds. The highest BCUT2D eigenvalue weighted by Crippen LogP contribution is 2.11. The van der Waals surface area contributed by atoms with E-state index in [9.17, 15) is 4.79 Å². The van der Waals surface area contributed by atoms with Crippen LogP contribution in [0.1, 0.15) is 17.5 Å². The Balaban J connectivity index is 2.07. The van der Waals surface area contributed by atoms with E-state index in [2.05, 4.69) is 20.8 Å². The number of rotatable bonds is 4. The zero-order valence-corrected chi connectivity index (χ0v) is 9.60. The number of aromatic nitrogens is 2. The number of aryl methyl sites for hydroxylation is 1. The molecule has 92 valence electrons. The Morgan fingerprint density at radius 3 is 3.06 bits per heavy atom. The lowest BCUT2D eigenvalue weighted by molar-refractivity contribution is 0.471. The summed E-state index contributed by atoms with van der Waals surface area (Å²) in [7, 11) is 0. The standard InChI is InChI=1S/C11H11N5O2/c1-7-5-10(17)14-11(13-7)16-15-8(6-12)9-3-2-4-18-9/h2-5,8,15H,1H3,(H2,13,14,16,17)/t8-/m1/s1. The summed E-state index contributed by atoms with van der Waals surface area (Å²) in [4.78, 5) is 17.8. The number of hydrazine groups is 1. The molecule has 0 bridgehead atoms. The van der Waals surface area contributed by atoms with Crippen molar-refractivity contribution in [2.45, 2.75) is 13.0 Å². The number of aromatic amines is 1. The third kappa shape index (κ3) is 2.75. The number of anilines is 1. The lowest BCUT2D eigenvalue weighted by atomic mass is 10.3. The Bertz CT molecular complexity index is 611.